The number of hydrogen-bond acceptors (Lipinski definition) is 4. The van der Waals surface area contributed by atoms with Gasteiger partial charge in [-0.15, -0.1) is 0 Å². The van der Waals surface area contributed by atoms with E-state index in [1.165, 1.54) is 0 Å². The molecule has 0 aliphatic carbocycles. The number of hydrogen-bond donors (Lipinski definition) is 0. The molecule has 0 aromatic carbocycles. The molecule has 0 N–H and O–H groups in total. The van der Waals surface area contributed by atoms with Gasteiger partial charge in [0.1, 0.15) is 5.58 Å². The molecule has 0 unspecified atom stereocenters. The van der Waals surface area contributed by atoms with Crippen LogP contribution in [0.5, 0.6) is 0 Å². The summed E-state index contributed by atoms with van der Waals surface area (Å²) >= 11 is 0. The Kier molecular flexibility index (Phi) is 2.19. The average molecular weight is 224 g/mol. The summed E-state index contributed by atoms with van der Waals surface area (Å²) in [6.07, 6.45) is 4.03. The Bertz CT molecular complexity index is 674. The Labute approximate surface area is 96.9 Å². The molecule has 0 spiro atoms. The standard InChI is InChI=1S/C13H8N2O2/c16-8-9-7-10-12(17-9)4-6-15-13(10)11-3-1-2-5-14-11/h1-8H. The second-order valence-electron chi connectivity index (χ2n) is 3.55. The fourth-order valence-electron chi connectivity index (χ4n) is 1.75. The highest BCUT2D eigenvalue weighted by atomic mass is 16.3. The summed E-state index contributed by atoms with van der Waals surface area (Å²) in [4.78, 5) is 19.2. The van der Waals surface area contributed by atoms with Gasteiger partial charge in [-0.05, 0) is 24.3 Å². The van der Waals surface area contributed by atoms with Crippen molar-refractivity contribution in [2.24, 2.45) is 0 Å². The van der Waals surface area contributed by atoms with E-state index in [4.69, 9.17) is 4.42 Å². The zero-order valence-corrected chi connectivity index (χ0v) is 8.83. The Morgan fingerprint density at radius 2 is 2.06 bits per heavy atom. The molecule has 0 atom stereocenters. The van der Waals surface area contributed by atoms with Gasteiger partial charge in [-0.25, -0.2) is 0 Å². The molecule has 0 saturated heterocycles. The van der Waals surface area contributed by atoms with Crippen LogP contribution in [0, 0.1) is 0 Å². The summed E-state index contributed by atoms with van der Waals surface area (Å²) in [5.74, 6) is 0.296. The highest BCUT2D eigenvalue weighted by Gasteiger charge is 2.10. The third kappa shape index (κ3) is 1.59. The van der Waals surface area contributed by atoms with Crippen molar-refractivity contribution >= 4 is 17.3 Å². The maximum absolute atomic E-state index is 10.7. The first-order valence-corrected chi connectivity index (χ1v) is 5.13. The monoisotopic (exact) mass is 224 g/mol. The van der Waals surface area contributed by atoms with E-state index in [1.54, 1.807) is 24.5 Å². The average Bonchev–Trinajstić information content (AvgIpc) is 2.82. The molecule has 0 aliphatic heterocycles. The van der Waals surface area contributed by atoms with Crippen molar-refractivity contribution in [3.05, 3.63) is 48.5 Å². The molecule has 0 saturated carbocycles. The van der Waals surface area contributed by atoms with Gasteiger partial charge in [0, 0.05) is 17.8 Å². The molecule has 0 radical (unpaired) electrons. The highest BCUT2D eigenvalue weighted by Crippen LogP contribution is 2.26. The number of carbonyl (C=O) groups excluding carboxylic acids is 1. The van der Waals surface area contributed by atoms with E-state index in [9.17, 15) is 4.79 Å². The zero-order valence-electron chi connectivity index (χ0n) is 8.83. The summed E-state index contributed by atoms with van der Waals surface area (Å²) in [7, 11) is 0. The summed E-state index contributed by atoms with van der Waals surface area (Å²) in [6.45, 7) is 0. The first-order chi connectivity index (χ1) is 8.38. The second kappa shape index (κ2) is 3.83. The number of fused-ring (bicyclic) bond motifs is 1. The van der Waals surface area contributed by atoms with Gasteiger partial charge in [-0.1, -0.05) is 6.07 Å². The molecule has 3 heterocycles. The number of aromatic nitrogens is 2. The first kappa shape index (κ1) is 9.72. The molecule has 0 amide bonds. The highest BCUT2D eigenvalue weighted by molar-refractivity contribution is 5.93. The van der Waals surface area contributed by atoms with E-state index >= 15 is 0 Å². The van der Waals surface area contributed by atoms with Gasteiger partial charge in [0.25, 0.3) is 0 Å². The lowest BCUT2D eigenvalue weighted by molar-refractivity contribution is 0.110. The zero-order chi connectivity index (χ0) is 11.7. The molecule has 0 fully saturated rings. The van der Waals surface area contributed by atoms with Crippen LogP contribution >= 0.6 is 0 Å². The molecule has 17 heavy (non-hydrogen) atoms. The summed E-state index contributed by atoms with van der Waals surface area (Å²) in [6, 6.07) is 9.02. The molecule has 3 aromatic rings. The van der Waals surface area contributed by atoms with Gasteiger partial charge < -0.3 is 4.42 Å². The molecule has 4 nitrogen and oxygen atoms in total. The van der Waals surface area contributed by atoms with Crippen LogP contribution in [0.4, 0.5) is 0 Å². The fourth-order valence-corrected chi connectivity index (χ4v) is 1.75. The maximum atomic E-state index is 10.7. The van der Waals surface area contributed by atoms with E-state index in [1.807, 2.05) is 18.2 Å². The van der Waals surface area contributed by atoms with Gasteiger partial charge in [0.2, 0.25) is 0 Å². The van der Waals surface area contributed by atoms with Gasteiger partial charge in [-0.3, -0.25) is 14.8 Å². The lowest BCUT2D eigenvalue weighted by atomic mass is 10.1. The van der Waals surface area contributed by atoms with Crippen LogP contribution in [0.2, 0.25) is 0 Å². The van der Waals surface area contributed by atoms with E-state index in [2.05, 4.69) is 9.97 Å². The lowest BCUT2D eigenvalue weighted by Crippen LogP contribution is -1.86. The van der Waals surface area contributed by atoms with Gasteiger partial charge in [0.05, 0.1) is 11.4 Å². The molecular formula is C13H8N2O2. The van der Waals surface area contributed by atoms with E-state index in [0.29, 0.717) is 17.6 Å². The minimum Gasteiger partial charge on any atom is -0.453 e. The van der Waals surface area contributed by atoms with Crippen LogP contribution in [0.25, 0.3) is 22.4 Å². The SMILES string of the molecule is O=Cc1cc2c(-c3ccccn3)nccc2o1. The molecule has 3 aromatic heterocycles. The quantitative estimate of drug-likeness (QED) is 0.628. The minimum absolute atomic E-state index is 0.296. The van der Waals surface area contributed by atoms with Crippen molar-refractivity contribution in [3.63, 3.8) is 0 Å². The number of furan rings is 1. The van der Waals surface area contributed by atoms with Crippen LogP contribution in [0.15, 0.2) is 47.1 Å². The first-order valence-electron chi connectivity index (χ1n) is 5.13. The van der Waals surface area contributed by atoms with Gasteiger partial charge in [-0.2, -0.15) is 0 Å². The Morgan fingerprint density at radius 1 is 1.12 bits per heavy atom. The molecule has 0 aliphatic rings. The molecule has 4 heteroatoms. The van der Waals surface area contributed by atoms with E-state index in [0.717, 1.165) is 16.8 Å². The normalized spacial score (nSPS) is 10.6. The molecular weight excluding hydrogens is 216 g/mol. The van der Waals surface area contributed by atoms with Crippen LogP contribution in [0.3, 0.4) is 0 Å². The largest absolute Gasteiger partial charge is 0.453 e. The summed E-state index contributed by atoms with van der Waals surface area (Å²) < 4.78 is 5.34. The van der Waals surface area contributed by atoms with Crippen LogP contribution in [-0.2, 0) is 0 Å². The number of nitrogens with zero attached hydrogens (tertiary/aromatic N) is 2. The van der Waals surface area contributed by atoms with Gasteiger partial charge in [0.15, 0.2) is 12.0 Å². The van der Waals surface area contributed by atoms with E-state index in [-0.39, 0.29) is 0 Å². The Balaban J connectivity index is 2.29. The fraction of sp³-hybridized carbons (Fsp3) is 0. The predicted octanol–water partition coefficient (Wildman–Crippen LogP) is 2.70. The Morgan fingerprint density at radius 3 is 2.82 bits per heavy atom. The third-order valence-electron chi connectivity index (χ3n) is 2.49. The number of rotatable bonds is 2. The van der Waals surface area contributed by atoms with E-state index < -0.39 is 0 Å². The molecule has 3 rings (SSSR count). The minimum atomic E-state index is 0.296. The summed E-state index contributed by atoms with van der Waals surface area (Å²) in [5.41, 5.74) is 2.12. The van der Waals surface area contributed by atoms with Crippen molar-refractivity contribution in [1.82, 2.24) is 9.97 Å². The number of pyridine rings is 2. The van der Waals surface area contributed by atoms with Gasteiger partial charge >= 0.3 is 0 Å². The van der Waals surface area contributed by atoms with Crippen molar-refractivity contribution in [2.75, 3.05) is 0 Å². The number of carbonyl (C=O) groups is 1. The van der Waals surface area contributed by atoms with Crippen LogP contribution in [0.1, 0.15) is 10.6 Å². The molecule has 82 valence electrons. The predicted molar refractivity (Wildman–Crippen MR) is 62.6 cm³/mol. The topological polar surface area (TPSA) is 56.0 Å². The smallest absolute Gasteiger partial charge is 0.185 e. The van der Waals surface area contributed by atoms with Crippen molar-refractivity contribution in [3.8, 4) is 11.4 Å². The maximum Gasteiger partial charge on any atom is 0.185 e. The molecule has 0 bridgehead atoms. The number of aldehydes is 1. The summed E-state index contributed by atoms with van der Waals surface area (Å²) in [5, 5.41) is 0.799. The van der Waals surface area contributed by atoms with Crippen molar-refractivity contribution in [2.45, 2.75) is 0 Å². The lowest BCUT2D eigenvalue weighted by Gasteiger charge is -1.99. The Hall–Kier alpha value is -2.49. The second-order valence-corrected chi connectivity index (χ2v) is 3.55. The van der Waals surface area contributed by atoms with Crippen molar-refractivity contribution < 1.29 is 9.21 Å². The van der Waals surface area contributed by atoms with Crippen LogP contribution < -0.4 is 0 Å². The van der Waals surface area contributed by atoms with Crippen molar-refractivity contribution in [1.29, 1.82) is 0 Å². The van der Waals surface area contributed by atoms with Crippen LogP contribution in [-0.4, -0.2) is 16.3 Å². The third-order valence-corrected chi connectivity index (χ3v) is 2.49.